The van der Waals surface area contributed by atoms with Crippen LogP contribution in [0.15, 0.2) is 40.9 Å². The summed E-state index contributed by atoms with van der Waals surface area (Å²) in [6, 6.07) is 9.76. The lowest BCUT2D eigenvalue weighted by Crippen LogP contribution is -1.96. The van der Waals surface area contributed by atoms with Crippen molar-refractivity contribution < 1.29 is 9.13 Å². The number of hydrogen-bond donors (Lipinski definition) is 0. The number of ether oxygens (including phenoxy) is 1. The van der Waals surface area contributed by atoms with Crippen molar-refractivity contribution in [3.8, 4) is 5.75 Å². The summed E-state index contributed by atoms with van der Waals surface area (Å²) in [6.45, 7) is 0.330. The minimum absolute atomic E-state index is 0.298. The fourth-order valence-corrected chi connectivity index (χ4v) is 2.08. The molecule has 0 spiro atoms. The van der Waals surface area contributed by atoms with E-state index in [9.17, 15) is 4.39 Å². The molecule has 0 saturated heterocycles. The van der Waals surface area contributed by atoms with E-state index >= 15 is 0 Å². The van der Waals surface area contributed by atoms with Crippen LogP contribution in [0.5, 0.6) is 5.75 Å². The van der Waals surface area contributed by atoms with E-state index in [4.69, 9.17) is 27.9 Å². The maximum atomic E-state index is 13.0. The van der Waals surface area contributed by atoms with E-state index in [0.717, 1.165) is 5.56 Å². The van der Waals surface area contributed by atoms with E-state index in [1.807, 2.05) is 0 Å². The van der Waals surface area contributed by atoms with Gasteiger partial charge in [0.2, 0.25) is 0 Å². The minimum atomic E-state index is -0.298. The van der Waals surface area contributed by atoms with E-state index in [0.29, 0.717) is 26.9 Å². The molecule has 1 nitrogen and oxygen atoms in total. The van der Waals surface area contributed by atoms with Crippen LogP contribution in [0.4, 0.5) is 4.39 Å². The highest BCUT2D eigenvalue weighted by Gasteiger charge is 2.03. The molecule has 0 radical (unpaired) electrons. The quantitative estimate of drug-likeness (QED) is 0.713. The van der Waals surface area contributed by atoms with Gasteiger partial charge in [0.25, 0.3) is 0 Å². The Hall–Kier alpha value is -0.770. The molecule has 0 atom stereocenters. The summed E-state index contributed by atoms with van der Waals surface area (Å²) in [7, 11) is 0. The van der Waals surface area contributed by atoms with Crippen molar-refractivity contribution in [1.82, 2.24) is 0 Å². The fraction of sp³-hybridized carbons (Fsp3) is 0.0769. The van der Waals surface area contributed by atoms with Gasteiger partial charge in [-0.15, -0.1) is 0 Å². The second-order valence-electron chi connectivity index (χ2n) is 3.61. The molecular weight excluding hydrogens is 342 g/mol. The first-order chi connectivity index (χ1) is 8.56. The van der Waals surface area contributed by atoms with E-state index < -0.39 is 0 Å². The van der Waals surface area contributed by atoms with Crippen LogP contribution >= 0.6 is 39.1 Å². The Morgan fingerprint density at radius 1 is 1.06 bits per heavy atom. The molecule has 2 rings (SSSR count). The van der Waals surface area contributed by atoms with Crippen molar-refractivity contribution in [1.29, 1.82) is 0 Å². The number of hydrogen-bond acceptors (Lipinski definition) is 1. The molecular formula is C13H8BrCl2FO. The van der Waals surface area contributed by atoms with Crippen LogP contribution in [-0.2, 0) is 6.61 Å². The second kappa shape index (κ2) is 5.91. The standard InChI is InChI=1S/C13H8BrCl2FO/c14-10-5-8(1-4-13(10)17)7-18-9-2-3-11(15)12(16)6-9/h1-6H,7H2. The van der Waals surface area contributed by atoms with Gasteiger partial charge in [-0.05, 0) is 45.8 Å². The molecule has 2 aromatic carbocycles. The summed E-state index contributed by atoms with van der Waals surface area (Å²) in [4.78, 5) is 0. The monoisotopic (exact) mass is 348 g/mol. The Morgan fingerprint density at radius 3 is 2.50 bits per heavy atom. The van der Waals surface area contributed by atoms with E-state index in [1.165, 1.54) is 6.07 Å². The molecule has 5 heteroatoms. The summed E-state index contributed by atoms with van der Waals surface area (Å²) in [5, 5.41) is 0.919. The second-order valence-corrected chi connectivity index (χ2v) is 5.28. The van der Waals surface area contributed by atoms with E-state index in [2.05, 4.69) is 15.9 Å². The maximum Gasteiger partial charge on any atom is 0.137 e. The van der Waals surface area contributed by atoms with Crippen LogP contribution in [0.25, 0.3) is 0 Å². The Labute approximate surface area is 123 Å². The lowest BCUT2D eigenvalue weighted by molar-refractivity contribution is 0.306. The summed E-state index contributed by atoms with van der Waals surface area (Å²) in [5.74, 6) is 0.318. The van der Waals surface area contributed by atoms with Crippen LogP contribution in [0.3, 0.4) is 0 Å². The lowest BCUT2D eigenvalue weighted by Gasteiger charge is -2.07. The van der Waals surface area contributed by atoms with Crippen molar-refractivity contribution >= 4 is 39.1 Å². The first-order valence-electron chi connectivity index (χ1n) is 5.08. The van der Waals surface area contributed by atoms with Gasteiger partial charge in [0.15, 0.2) is 0 Å². The third-order valence-electron chi connectivity index (χ3n) is 2.28. The predicted molar refractivity (Wildman–Crippen MR) is 74.9 cm³/mol. The smallest absolute Gasteiger partial charge is 0.137 e. The molecule has 0 aliphatic rings. The molecule has 0 aliphatic carbocycles. The van der Waals surface area contributed by atoms with Crippen LogP contribution in [0.2, 0.25) is 10.0 Å². The highest BCUT2D eigenvalue weighted by molar-refractivity contribution is 9.10. The number of rotatable bonds is 3. The molecule has 0 amide bonds. The minimum Gasteiger partial charge on any atom is -0.489 e. The van der Waals surface area contributed by atoms with Crippen LogP contribution in [-0.4, -0.2) is 0 Å². The summed E-state index contributed by atoms with van der Waals surface area (Å²) in [5.41, 5.74) is 0.856. The van der Waals surface area contributed by atoms with E-state index in [-0.39, 0.29) is 5.82 Å². The number of benzene rings is 2. The predicted octanol–water partition coefficient (Wildman–Crippen LogP) is 5.47. The first kappa shape index (κ1) is 13.7. The van der Waals surface area contributed by atoms with Gasteiger partial charge in [-0.3, -0.25) is 0 Å². The van der Waals surface area contributed by atoms with Gasteiger partial charge in [0.05, 0.1) is 14.5 Å². The largest absolute Gasteiger partial charge is 0.489 e. The maximum absolute atomic E-state index is 13.0. The molecule has 94 valence electrons. The van der Waals surface area contributed by atoms with Crippen molar-refractivity contribution in [2.75, 3.05) is 0 Å². The zero-order chi connectivity index (χ0) is 13.1. The molecule has 18 heavy (non-hydrogen) atoms. The lowest BCUT2D eigenvalue weighted by atomic mass is 10.2. The van der Waals surface area contributed by atoms with Crippen molar-refractivity contribution in [2.45, 2.75) is 6.61 Å². The van der Waals surface area contributed by atoms with Crippen molar-refractivity contribution in [3.05, 3.63) is 62.3 Å². The molecule has 0 aliphatic heterocycles. The molecule has 0 heterocycles. The third kappa shape index (κ3) is 3.37. The first-order valence-corrected chi connectivity index (χ1v) is 6.63. The Kier molecular flexibility index (Phi) is 4.49. The van der Waals surface area contributed by atoms with E-state index in [1.54, 1.807) is 30.3 Å². The SMILES string of the molecule is Fc1ccc(COc2ccc(Cl)c(Cl)c2)cc1Br. The van der Waals surface area contributed by atoms with Gasteiger partial charge in [-0.1, -0.05) is 29.3 Å². The van der Waals surface area contributed by atoms with Gasteiger partial charge in [-0.25, -0.2) is 4.39 Å². The third-order valence-corrected chi connectivity index (χ3v) is 3.63. The van der Waals surface area contributed by atoms with Gasteiger partial charge in [0.1, 0.15) is 18.2 Å². The van der Waals surface area contributed by atoms with Crippen molar-refractivity contribution in [3.63, 3.8) is 0 Å². The van der Waals surface area contributed by atoms with Gasteiger partial charge in [-0.2, -0.15) is 0 Å². The van der Waals surface area contributed by atoms with Crippen LogP contribution in [0, 0.1) is 5.82 Å². The Morgan fingerprint density at radius 2 is 1.83 bits per heavy atom. The number of halogens is 4. The molecule has 0 aromatic heterocycles. The molecule has 0 N–H and O–H groups in total. The summed E-state index contributed by atoms with van der Waals surface area (Å²) >= 11 is 14.8. The van der Waals surface area contributed by atoms with Gasteiger partial charge >= 0.3 is 0 Å². The molecule has 2 aromatic rings. The molecule has 0 fully saturated rings. The topological polar surface area (TPSA) is 9.23 Å². The van der Waals surface area contributed by atoms with Gasteiger partial charge < -0.3 is 4.74 Å². The zero-order valence-corrected chi connectivity index (χ0v) is 12.2. The summed E-state index contributed by atoms with van der Waals surface area (Å²) in [6.07, 6.45) is 0. The molecule has 0 unspecified atom stereocenters. The zero-order valence-electron chi connectivity index (χ0n) is 9.09. The van der Waals surface area contributed by atoms with Crippen LogP contribution in [0.1, 0.15) is 5.56 Å². The Bertz CT molecular complexity index is 523. The fourth-order valence-electron chi connectivity index (χ4n) is 1.36. The normalized spacial score (nSPS) is 10.4. The molecule has 0 saturated carbocycles. The van der Waals surface area contributed by atoms with Gasteiger partial charge in [0, 0.05) is 6.07 Å². The van der Waals surface area contributed by atoms with Crippen LogP contribution < -0.4 is 4.74 Å². The average molecular weight is 350 g/mol. The molecule has 0 bridgehead atoms. The summed E-state index contributed by atoms with van der Waals surface area (Å²) < 4.78 is 19.0. The Balaban J connectivity index is 2.06. The average Bonchev–Trinajstić information content (AvgIpc) is 2.35. The highest BCUT2D eigenvalue weighted by atomic mass is 79.9. The highest BCUT2D eigenvalue weighted by Crippen LogP contribution is 2.27. The van der Waals surface area contributed by atoms with Crippen molar-refractivity contribution in [2.24, 2.45) is 0 Å².